The average Bonchev–Trinajstić information content (AvgIpc) is 3.23. The van der Waals surface area contributed by atoms with Gasteiger partial charge in [0.05, 0.1) is 11.5 Å². The molecule has 1 aromatic carbocycles. The number of rotatable bonds is 14. The molecule has 0 aliphatic rings. The number of hydrogen-bond acceptors (Lipinski definition) is 4. The molecule has 2 aromatic heterocycles. The molecular formula is C27H38N2O3S. The van der Waals surface area contributed by atoms with Crippen LogP contribution in [0.2, 0.25) is 0 Å². The van der Waals surface area contributed by atoms with Gasteiger partial charge in [-0.25, -0.2) is 8.42 Å². The summed E-state index contributed by atoms with van der Waals surface area (Å²) in [6.07, 6.45) is 8.33. The van der Waals surface area contributed by atoms with Crippen molar-refractivity contribution in [2.24, 2.45) is 0 Å². The number of aromatic nitrogens is 1. The summed E-state index contributed by atoms with van der Waals surface area (Å²) in [5, 5.41) is 0.355. The summed E-state index contributed by atoms with van der Waals surface area (Å²) < 4.78 is 34.6. The lowest BCUT2D eigenvalue weighted by atomic mass is 10.2. The summed E-state index contributed by atoms with van der Waals surface area (Å²) in [6.45, 7) is 10.4. The Morgan fingerprint density at radius 1 is 0.879 bits per heavy atom. The van der Waals surface area contributed by atoms with Gasteiger partial charge in [0, 0.05) is 18.3 Å². The van der Waals surface area contributed by atoms with Gasteiger partial charge in [0.15, 0.2) is 0 Å². The first-order chi connectivity index (χ1) is 16.0. The third-order valence-electron chi connectivity index (χ3n) is 6.02. The molecule has 0 aliphatic heterocycles. The predicted molar refractivity (Wildman–Crippen MR) is 135 cm³/mol. The van der Waals surface area contributed by atoms with E-state index in [1.54, 1.807) is 28.7 Å². The number of aryl methyl sites for hydroxylation is 1. The molecule has 0 spiro atoms. The Labute approximate surface area is 199 Å². The Morgan fingerprint density at radius 2 is 1.55 bits per heavy atom. The van der Waals surface area contributed by atoms with E-state index in [4.69, 9.17) is 4.74 Å². The van der Waals surface area contributed by atoms with E-state index in [2.05, 4.69) is 18.7 Å². The number of hydrogen-bond donors (Lipinski definition) is 0. The normalized spacial score (nSPS) is 12.0. The van der Waals surface area contributed by atoms with Crippen LogP contribution in [0.1, 0.15) is 58.4 Å². The van der Waals surface area contributed by atoms with Gasteiger partial charge in [-0.05, 0) is 86.8 Å². The Morgan fingerprint density at radius 3 is 2.18 bits per heavy atom. The summed E-state index contributed by atoms with van der Waals surface area (Å²) >= 11 is 0. The van der Waals surface area contributed by atoms with Crippen molar-refractivity contribution in [3.05, 3.63) is 60.3 Å². The van der Waals surface area contributed by atoms with Crippen molar-refractivity contribution in [1.29, 1.82) is 0 Å². The minimum absolute atomic E-state index is 0.290. The monoisotopic (exact) mass is 470 g/mol. The van der Waals surface area contributed by atoms with Crippen LogP contribution < -0.4 is 4.74 Å². The zero-order chi connectivity index (χ0) is 23.7. The molecule has 0 aliphatic carbocycles. The highest BCUT2D eigenvalue weighted by atomic mass is 32.2. The standard InChI is InChI=1S/C27H38N2O3S/c1-4-7-17-28(18-8-5-2)19-11-21-32-25-13-15-26(16-14-25)33(30,31)27-23(6-3)22-24-12-9-10-20-29(24)27/h9-10,12-16,20,22H,4-8,11,17-19,21H2,1-3H3. The molecule has 0 bridgehead atoms. The lowest BCUT2D eigenvalue weighted by Gasteiger charge is -2.21. The van der Waals surface area contributed by atoms with Gasteiger partial charge >= 0.3 is 0 Å². The molecule has 3 rings (SSSR count). The zero-order valence-electron chi connectivity index (χ0n) is 20.3. The maximum absolute atomic E-state index is 13.4. The van der Waals surface area contributed by atoms with E-state index in [0.717, 1.165) is 37.1 Å². The quantitative estimate of drug-likeness (QED) is 0.271. The van der Waals surface area contributed by atoms with Crippen LogP contribution in [0.5, 0.6) is 5.75 Å². The molecule has 3 aromatic rings. The Hall–Kier alpha value is -2.31. The second kappa shape index (κ2) is 12.2. The largest absolute Gasteiger partial charge is 0.494 e. The SMILES string of the molecule is CCCCN(CCCC)CCCOc1ccc(S(=O)(=O)c2c(CC)cc3ccccn23)cc1. The van der Waals surface area contributed by atoms with Crippen LogP contribution in [0, 0.1) is 0 Å². The van der Waals surface area contributed by atoms with E-state index in [1.165, 1.54) is 25.7 Å². The summed E-state index contributed by atoms with van der Waals surface area (Å²) in [5.41, 5.74) is 1.72. The highest BCUT2D eigenvalue weighted by Gasteiger charge is 2.25. The van der Waals surface area contributed by atoms with Gasteiger partial charge in [-0.1, -0.05) is 39.7 Å². The molecule has 0 radical (unpaired) electrons. The maximum Gasteiger partial charge on any atom is 0.222 e. The average molecular weight is 471 g/mol. The first kappa shape index (κ1) is 25.3. The topological polar surface area (TPSA) is 51.0 Å². The van der Waals surface area contributed by atoms with Gasteiger partial charge in [0.25, 0.3) is 0 Å². The second-order valence-corrected chi connectivity index (χ2v) is 10.4. The van der Waals surface area contributed by atoms with Crippen molar-refractivity contribution in [2.45, 2.75) is 69.2 Å². The number of ether oxygens (including phenoxy) is 1. The van der Waals surface area contributed by atoms with Gasteiger partial charge < -0.3 is 14.0 Å². The van der Waals surface area contributed by atoms with Gasteiger partial charge in [-0.2, -0.15) is 0 Å². The van der Waals surface area contributed by atoms with Crippen molar-refractivity contribution in [2.75, 3.05) is 26.2 Å². The van der Waals surface area contributed by atoms with Crippen molar-refractivity contribution in [3.8, 4) is 5.75 Å². The zero-order valence-corrected chi connectivity index (χ0v) is 21.1. The number of fused-ring (bicyclic) bond motifs is 1. The van der Waals surface area contributed by atoms with Crippen LogP contribution in [0.3, 0.4) is 0 Å². The molecule has 5 nitrogen and oxygen atoms in total. The third kappa shape index (κ3) is 6.39. The molecule has 2 heterocycles. The van der Waals surface area contributed by atoms with Crippen molar-refractivity contribution in [3.63, 3.8) is 0 Å². The summed E-state index contributed by atoms with van der Waals surface area (Å²) in [5.74, 6) is 0.707. The lowest BCUT2D eigenvalue weighted by molar-refractivity contribution is 0.229. The van der Waals surface area contributed by atoms with Gasteiger partial charge in [0.1, 0.15) is 10.8 Å². The Kier molecular flexibility index (Phi) is 9.39. The van der Waals surface area contributed by atoms with E-state index in [9.17, 15) is 8.42 Å². The lowest BCUT2D eigenvalue weighted by Crippen LogP contribution is -2.28. The number of pyridine rings is 1. The molecular weight excluding hydrogens is 432 g/mol. The van der Waals surface area contributed by atoms with Crippen LogP contribution >= 0.6 is 0 Å². The molecule has 33 heavy (non-hydrogen) atoms. The highest BCUT2D eigenvalue weighted by Crippen LogP contribution is 2.29. The second-order valence-electron chi connectivity index (χ2n) is 8.55. The Bertz CT molecular complexity index is 1100. The first-order valence-electron chi connectivity index (χ1n) is 12.3. The predicted octanol–water partition coefficient (Wildman–Crippen LogP) is 6.01. The molecule has 0 amide bonds. The van der Waals surface area contributed by atoms with Crippen molar-refractivity contribution in [1.82, 2.24) is 9.30 Å². The number of benzene rings is 1. The fourth-order valence-electron chi connectivity index (χ4n) is 4.11. The number of unbranched alkanes of at least 4 members (excludes halogenated alkanes) is 2. The van der Waals surface area contributed by atoms with E-state index in [0.29, 0.717) is 28.7 Å². The van der Waals surface area contributed by atoms with Crippen LogP contribution in [0.25, 0.3) is 5.52 Å². The molecule has 0 fully saturated rings. The summed E-state index contributed by atoms with van der Waals surface area (Å²) in [7, 11) is -3.64. The Balaban J connectivity index is 1.63. The fourth-order valence-corrected chi connectivity index (χ4v) is 5.80. The molecule has 0 saturated heterocycles. The van der Waals surface area contributed by atoms with Gasteiger partial charge in [0.2, 0.25) is 9.84 Å². The first-order valence-corrected chi connectivity index (χ1v) is 13.8. The van der Waals surface area contributed by atoms with Crippen LogP contribution in [-0.2, 0) is 16.3 Å². The van der Waals surface area contributed by atoms with Gasteiger partial charge in [-0.3, -0.25) is 0 Å². The molecule has 0 atom stereocenters. The van der Waals surface area contributed by atoms with E-state index in [1.807, 2.05) is 37.4 Å². The number of nitrogens with zero attached hydrogens (tertiary/aromatic N) is 2. The number of sulfone groups is 1. The molecule has 6 heteroatoms. The van der Waals surface area contributed by atoms with Crippen LogP contribution in [0.15, 0.2) is 64.6 Å². The third-order valence-corrected chi connectivity index (χ3v) is 7.88. The minimum atomic E-state index is -3.64. The highest BCUT2D eigenvalue weighted by molar-refractivity contribution is 7.91. The van der Waals surface area contributed by atoms with E-state index < -0.39 is 9.84 Å². The molecule has 0 unspecified atom stereocenters. The fraction of sp³-hybridized carbons (Fsp3) is 0.481. The molecule has 180 valence electrons. The molecule has 0 saturated carbocycles. The summed E-state index contributed by atoms with van der Waals surface area (Å²) in [6, 6.07) is 14.5. The summed E-state index contributed by atoms with van der Waals surface area (Å²) in [4.78, 5) is 2.82. The van der Waals surface area contributed by atoms with E-state index >= 15 is 0 Å². The van der Waals surface area contributed by atoms with E-state index in [-0.39, 0.29) is 0 Å². The minimum Gasteiger partial charge on any atom is -0.494 e. The molecule has 0 N–H and O–H groups in total. The maximum atomic E-state index is 13.4. The smallest absolute Gasteiger partial charge is 0.222 e. The van der Waals surface area contributed by atoms with Crippen LogP contribution in [0.4, 0.5) is 0 Å². The van der Waals surface area contributed by atoms with Crippen LogP contribution in [-0.4, -0.2) is 44.0 Å². The van der Waals surface area contributed by atoms with Crippen molar-refractivity contribution < 1.29 is 13.2 Å². The van der Waals surface area contributed by atoms with Crippen molar-refractivity contribution >= 4 is 15.4 Å². The van der Waals surface area contributed by atoms with Gasteiger partial charge in [-0.15, -0.1) is 0 Å².